The number of carbonyl (C=O) groups excluding carboxylic acids is 1. The van der Waals surface area contributed by atoms with E-state index in [4.69, 9.17) is 0 Å². The molecule has 0 saturated carbocycles. The number of amides is 1. The van der Waals surface area contributed by atoms with Gasteiger partial charge in [-0.05, 0) is 52.0 Å². The molecule has 0 bridgehead atoms. The Kier molecular flexibility index (Phi) is 4.04. The highest BCUT2D eigenvalue weighted by Crippen LogP contribution is 2.32. The summed E-state index contributed by atoms with van der Waals surface area (Å²) in [6, 6.07) is 2.07. The molecule has 2 aromatic rings. The van der Waals surface area contributed by atoms with Crippen LogP contribution in [0.5, 0.6) is 0 Å². The third-order valence-electron chi connectivity index (χ3n) is 4.05. The first-order valence-corrected chi connectivity index (χ1v) is 8.61. The second kappa shape index (κ2) is 5.83. The lowest BCUT2D eigenvalue weighted by atomic mass is 9.93. The van der Waals surface area contributed by atoms with Gasteiger partial charge in [-0.25, -0.2) is 4.98 Å². The fourth-order valence-electron chi connectivity index (χ4n) is 2.88. The summed E-state index contributed by atoms with van der Waals surface area (Å²) < 4.78 is 1.86. The Morgan fingerprint density at radius 1 is 1.50 bits per heavy atom. The summed E-state index contributed by atoms with van der Waals surface area (Å²) in [5, 5.41) is 7.98. The molecule has 22 heavy (non-hydrogen) atoms. The van der Waals surface area contributed by atoms with Gasteiger partial charge in [0.2, 0.25) is 0 Å². The van der Waals surface area contributed by atoms with Crippen molar-refractivity contribution in [3.05, 3.63) is 28.0 Å². The van der Waals surface area contributed by atoms with E-state index in [2.05, 4.69) is 36.2 Å². The Bertz CT molecular complexity index is 701. The second-order valence-corrected chi connectivity index (χ2v) is 7.48. The molecule has 0 spiro atoms. The summed E-state index contributed by atoms with van der Waals surface area (Å²) in [4.78, 5) is 18.2. The topological polar surface area (TPSA) is 59.8 Å². The predicted molar refractivity (Wildman–Crippen MR) is 88.6 cm³/mol. The van der Waals surface area contributed by atoms with E-state index in [0.717, 1.165) is 24.2 Å². The van der Waals surface area contributed by atoms with Gasteiger partial charge in [0.05, 0.1) is 5.69 Å². The highest BCUT2D eigenvalue weighted by Gasteiger charge is 2.21. The molecule has 1 amide bonds. The van der Waals surface area contributed by atoms with Gasteiger partial charge in [0.1, 0.15) is 0 Å². The first-order valence-electron chi connectivity index (χ1n) is 7.80. The number of rotatable bonds is 3. The van der Waals surface area contributed by atoms with Crippen LogP contribution < -0.4 is 5.32 Å². The SMILES string of the molecule is Cc1cc(C(=O)Nc2nc3c(s2)CC(C)CC3)nn1C(C)C. The van der Waals surface area contributed by atoms with Gasteiger partial charge in [-0.15, -0.1) is 11.3 Å². The van der Waals surface area contributed by atoms with Crippen molar-refractivity contribution in [2.24, 2.45) is 5.92 Å². The van der Waals surface area contributed by atoms with Gasteiger partial charge >= 0.3 is 0 Å². The molecule has 0 radical (unpaired) electrons. The van der Waals surface area contributed by atoms with E-state index < -0.39 is 0 Å². The van der Waals surface area contributed by atoms with E-state index in [1.807, 2.05) is 17.7 Å². The molecular weight excluding hydrogens is 296 g/mol. The van der Waals surface area contributed by atoms with Gasteiger partial charge < -0.3 is 0 Å². The van der Waals surface area contributed by atoms with Crippen molar-refractivity contribution in [2.45, 2.75) is 53.0 Å². The molecule has 3 rings (SSSR count). The van der Waals surface area contributed by atoms with E-state index in [0.29, 0.717) is 16.7 Å². The Balaban J connectivity index is 1.76. The maximum atomic E-state index is 12.4. The smallest absolute Gasteiger partial charge is 0.277 e. The van der Waals surface area contributed by atoms with Crippen molar-refractivity contribution >= 4 is 22.4 Å². The van der Waals surface area contributed by atoms with Crippen molar-refractivity contribution in [3.8, 4) is 0 Å². The largest absolute Gasteiger partial charge is 0.296 e. The molecule has 2 heterocycles. The molecule has 1 unspecified atom stereocenters. The number of nitrogens with one attached hydrogen (secondary N) is 1. The third-order valence-corrected chi connectivity index (χ3v) is 5.09. The Labute approximate surface area is 134 Å². The molecule has 6 heteroatoms. The van der Waals surface area contributed by atoms with Gasteiger partial charge in [-0.2, -0.15) is 5.10 Å². The molecule has 118 valence electrons. The van der Waals surface area contributed by atoms with Crippen LogP contribution in [0.3, 0.4) is 0 Å². The fourth-order valence-corrected chi connectivity index (χ4v) is 4.04. The molecule has 0 aliphatic heterocycles. The maximum absolute atomic E-state index is 12.4. The van der Waals surface area contributed by atoms with Crippen molar-refractivity contribution in [2.75, 3.05) is 5.32 Å². The number of hydrogen-bond acceptors (Lipinski definition) is 4. The van der Waals surface area contributed by atoms with Crippen molar-refractivity contribution < 1.29 is 4.79 Å². The highest BCUT2D eigenvalue weighted by molar-refractivity contribution is 7.15. The molecule has 0 aromatic carbocycles. The van der Waals surface area contributed by atoms with Crippen LogP contribution in [0.25, 0.3) is 0 Å². The van der Waals surface area contributed by atoms with Crippen LogP contribution in [0.1, 0.15) is 60.0 Å². The number of fused-ring (bicyclic) bond motifs is 1. The number of thiazole rings is 1. The lowest BCUT2D eigenvalue weighted by Crippen LogP contribution is -2.14. The predicted octanol–water partition coefficient (Wildman–Crippen LogP) is 3.61. The fraction of sp³-hybridized carbons (Fsp3) is 0.562. The third kappa shape index (κ3) is 2.92. The molecule has 0 saturated heterocycles. The molecule has 1 aliphatic rings. The summed E-state index contributed by atoms with van der Waals surface area (Å²) >= 11 is 1.60. The van der Waals surface area contributed by atoms with Crippen LogP contribution in [-0.2, 0) is 12.8 Å². The molecule has 1 aliphatic carbocycles. The van der Waals surface area contributed by atoms with Crippen molar-refractivity contribution in [3.63, 3.8) is 0 Å². The summed E-state index contributed by atoms with van der Waals surface area (Å²) in [5.41, 5.74) is 2.60. The average molecular weight is 318 g/mol. The molecule has 1 N–H and O–H groups in total. The summed E-state index contributed by atoms with van der Waals surface area (Å²) in [7, 11) is 0. The van der Waals surface area contributed by atoms with Gasteiger partial charge in [-0.1, -0.05) is 6.92 Å². The standard InChI is InChI=1S/C16H22N4OS/c1-9(2)20-11(4)8-13(19-20)15(21)18-16-17-12-6-5-10(3)7-14(12)22-16/h8-10H,5-7H2,1-4H3,(H,17,18,21). The zero-order chi connectivity index (χ0) is 15.9. The maximum Gasteiger partial charge on any atom is 0.277 e. The van der Waals surface area contributed by atoms with Gasteiger partial charge in [0.15, 0.2) is 10.8 Å². The van der Waals surface area contributed by atoms with Crippen LogP contribution >= 0.6 is 11.3 Å². The van der Waals surface area contributed by atoms with Gasteiger partial charge in [0.25, 0.3) is 5.91 Å². The number of anilines is 1. The monoisotopic (exact) mass is 318 g/mol. The second-order valence-electron chi connectivity index (χ2n) is 6.40. The number of aryl methyl sites for hydroxylation is 2. The van der Waals surface area contributed by atoms with Crippen LogP contribution in [0, 0.1) is 12.8 Å². The van der Waals surface area contributed by atoms with Gasteiger partial charge in [0, 0.05) is 16.6 Å². The minimum Gasteiger partial charge on any atom is -0.296 e. The molecular formula is C16H22N4OS. The van der Waals surface area contributed by atoms with Crippen molar-refractivity contribution in [1.82, 2.24) is 14.8 Å². The molecule has 1 atom stereocenters. The average Bonchev–Trinajstić information content (AvgIpc) is 3.01. The van der Waals surface area contributed by atoms with Crippen LogP contribution in [0.2, 0.25) is 0 Å². The first-order chi connectivity index (χ1) is 10.4. The quantitative estimate of drug-likeness (QED) is 0.940. The number of nitrogens with zero attached hydrogens (tertiary/aromatic N) is 3. The Hall–Kier alpha value is -1.69. The Morgan fingerprint density at radius 2 is 2.27 bits per heavy atom. The number of aromatic nitrogens is 3. The minimum absolute atomic E-state index is 0.179. The highest BCUT2D eigenvalue weighted by atomic mass is 32.1. The minimum atomic E-state index is -0.179. The normalized spacial score (nSPS) is 17.6. The van der Waals surface area contributed by atoms with E-state index >= 15 is 0 Å². The molecule has 2 aromatic heterocycles. The first kappa shape index (κ1) is 15.2. The molecule has 5 nitrogen and oxygen atoms in total. The Morgan fingerprint density at radius 3 is 2.95 bits per heavy atom. The summed E-state index contributed by atoms with van der Waals surface area (Å²) in [6.45, 7) is 8.34. The van der Waals surface area contributed by atoms with E-state index in [-0.39, 0.29) is 11.9 Å². The van der Waals surface area contributed by atoms with E-state index in [1.165, 1.54) is 11.3 Å². The van der Waals surface area contributed by atoms with E-state index in [9.17, 15) is 4.79 Å². The number of carbonyl (C=O) groups is 1. The molecule has 0 fully saturated rings. The summed E-state index contributed by atoms with van der Waals surface area (Å²) in [5.74, 6) is 0.530. The van der Waals surface area contributed by atoms with Crippen LogP contribution in [-0.4, -0.2) is 20.7 Å². The summed E-state index contributed by atoms with van der Waals surface area (Å²) in [6.07, 6.45) is 3.27. The van der Waals surface area contributed by atoms with Crippen molar-refractivity contribution in [1.29, 1.82) is 0 Å². The van der Waals surface area contributed by atoms with Gasteiger partial charge in [-0.3, -0.25) is 14.8 Å². The van der Waals surface area contributed by atoms with Crippen LogP contribution in [0.4, 0.5) is 5.13 Å². The van der Waals surface area contributed by atoms with E-state index in [1.54, 1.807) is 11.3 Å². The zero-order valence-corrected chi connectivity index (χ0v) is 14.3. The lowest BCUT2D eigenvalue weighted by Gasteiger charge is -2.15. The van der Waals surface area contributed by atoms with Crippen LogP contribution in [0.15, 0.2) is 6.07 Å². The number of hydrogen-bond donors (Lipinski definition) is 1. The lowest BCUT2D eigenvalue weighted by molar-refractivity contribution is 0.102. The zero-order valence-electron chi connectivity index (χ0n) is 13.5.